The van der Waals surface area contributed by atoms with E-state index in [0.29, 0.717) is 17.2 Å². The molecule has 2 heterocycles. The fourth-order valence-corrected chi connectivity index (χ4v) is 2.15. The van der Waals surface area contributed by atoms with Crippen molar-refractivity contribution in [2.24, 2.45) is 7.05 Å². The van der Waals surface area contributed by atoms with Crippen molar-refractivity contribution in [3.8, 4) is 11.3 Å². The molecule has 0 fully saturated rings. The Morgan fingerprint density at radius 3 is 2.71 bits per heavy atom. The summed E-state index contributed by atoms with van der Waals surface area (Å²) in [5.74, 6) is 1.02. The van der Waals surface area contributed by atoms with Gasteiger partial charge in [-0.15, -0.1) is 0 Å². The maximum Gasteiger partial charge on any atom is 0.228 e. The van der Waals surface area contributed by atoms with E-state index in [1.807, 2.05) is 31.2 Å². The monoisotopic (exact) mass is 278 g/mol. The fourth-order valence-electron chi connectivity index (χ4n) is 2.15. The van der Waals surface area contributed by atoms with Gasteiger partial charge in [0.1, 0.15) is 5.82 Å². The molecule has 0 aliphatic heterocycles. The summed E-state index contributed by atoms with van der Waals surface area (Å²) < 4.78 is 1.71. The maximum atomic E-state index is 12.5. The summed E-state index contributed by atoms with van der Waals surface area (Å²) in [5, 5.41) is 0. The second-order valence-corrected chi connectivity index (χ2v) is 4.76. The lowest BCUT2D eigenvalue weighted by Gasteiger charge is -2.05. The number of hydrogen-bond donors (Lipinski definition) is 0. The molecule has 1 aromatic carbocycles. The molecule has 0 saturated heterocycles. The Kier molecular flexibility index (Phi) is 3.31. The van der Waals surface area contributed by atoms with E-state index in [9.17, 15) is 4.79 Å². The minimum Gasteiger partial charge on any atom is -0.331 e. The van der Waals surface area contributed by atoms with Crippen molar-refractivity contribution in [3.05, 3.63) is 66.1 Å². The lowest BCUT2D eigenvalue weighted by molar-refractivity contribution is 0.102. The van der Waals surface area contributed by atoms with Crippen molar-refractivity contribution >= 4 is 5.78 Å². The third-order valence-corrected chi connectivity index (χ3v) is 3.22. The van der Waals surface area contributed by atoms with Crippen LogP contribution in [0.15, 0.2) is 48.9 Å². The first kappa shape index (κ1) is 13.2. The van der Waals surface area contributed by atoms with Gasteiger partial charge in [0.2, 0.25) is 5.78 Å². The van der Waals surface area contributed by atoms with E-state index in [0.717, 1.165) is 11.3 Å². The Morgan fingerprint density at radius 1 is 1.14 bits per heavy atom. The van der Waals surface area contributed by atoms with Gasteiger partial charge >= 0.3 is 0 Å². The fraction of sp³-hybridized carbons (Fsp3) is 0.125. The molecule has 0 aliphatic carbocycles. The predicted molar refractivity (Wildman–Crippen MR) is 78.8 cm³/mol. The number of benzene rings is 1. The third-order valence-electron chi connectivity index (χ3n) is 3.22. The van der Waals surface area contributed by atoms with Crippen molar-refractivity contribution in [3.63, 3.8) is 0 Å². The number of carbonyl (C=O) groups excluding carboxylic acids is 1. The molecule has 0 unspecified atom stereocenters. The number of nitrogens with zero attached hydrogens (tertiary/aromatic N) is 4. The molecule has 104 valence electrons. The second kappa shape index (κ2) is 5.28. The Morgan fingerprint density at radius 2 is 2.00 bits per heavy atom. The maximum absolute atomic E-state index is 12.5. The van der Waals surface area contributed by atoms with Gasteiger partial charge in [0.15, 0.2) is 5.82 Å². The zero-order valence-electron chi connectivity index (χ0n) is 11.8. The quantitative estimate of drug-likeness (QED) is 0.690. The molecule has 0 aliphatic rings. The molecule has 2 aromatic heterocycles. The van der Waals surface area contributed by atoms with Crippen LogP contribution in [-0.4, -0.2) is 25.3 Å². The first-order valence-corrected chi connectivity index (χ1v) is 6.57. The van der Waals surface area contributed by atoms with Crippen LogP contribution in [-0.2, 0) is 7.05 Å². The van der Waals surface area contributed by atoms with Gasteiger partial charge in [0.05, 0.1) is 5.69 Å². The first-order valence-electron chi connectivity index (χ1n) is 6.57. The summed E-state index contributed by atoms with van der Waals surface area (Å²) in [7, 11) is 1.80. The average Bonchev–Trinajstić information content (AvgIpc) is 2.93. The molecule has 0 spiro atoms. The van der Waals surface area contributed by atoms with E-state index < -0.39 is 0 Å². The predicted octanol–water partition coefficient (Wildman–Crippen LogP) is 2.42. The lowest BCUT2D eigenvalue weighted by atomic mass is 10.0. The minimum atomic E-state index is -0.102. The number of carbonyl (C=O) groups is 1. The van der Waals surface area contributed by atoms with E-state index in [4.69, 9.17) is 0 Å². The number of aryl methyl sites for hydroxylation is 2. The average molecular weight is 278 g/mol. The van der Waals surface area contributed by atoms with E-state index in [2.05, 4.69) is 15.0 Å². The molecule has 0 atom stereocenters. The number of ketones is 1. The molecule has 0 amide bonds. The largest absolute Gasteiger partial charge is 0.331 e. The summed E-state index contributed by atoms with van der Waals surface area (Å²) in [6.45, 7) is 1.84. The van der Waals surface area contributed by atoms with Gasteiger partial charge in [0, 0.05) is 36.8 Å². The topological polar surface area (TPSA) is 60.7 Å². The molecule has 0 N–H and O–H groups in total. The van der Waals surface area contributed by atoms with E-state index >= 15 is 0 Å². The van der Waals surface area contributed by atoms with Crippen molar-refractivity contribution < 1.29 is 4.79 Å². The normalized spacial score (nSPS) is 10.6. The third kappa shape index (κ3) is 2.58. The van der Waals surface area contributed by atoms with Crippen LogP contribution < -0.4 is 0 Å². The summed E-state index contributed by atoms with van der Waals surface area (Å²) in [4.78, 5) is 25.0. The van der Waals surface area contributed by atoms with Crippen LogP contribution in [0.3, 0.4) is 0 Å². The Bertz CT molecular complexity index is 807. The second-order valence-electron chi connectivity index (χ2n) is 4.76. The minimum absolute atomic E-state index is 0.102. The molecule has 3 rings (SSSR count). The molecule has 0 radical (unpaired) electrons. The Hall–Kier alpha value is -2.82. The van der Waals surface area contributed by atoms with E-state index in [-0.39, 0.29) is 5.78 Å². The van der Waals surface area contributed by atoms with Gasteiger partial charge in [-0.05, 0) is 19.1 Å². The standard InChI is InChI=1S/C16H14N4O/c1-11-17-7-6-14(19-11)12-4-3-5-13(10-12)15(21)16-18-8-9-20(16)2/h3-10H,1-2H3. The van der Waals surface area contributed by atoms with Crippen LogP contribution in [0.4, 0.5) is 0 Å². The zero-order chi connectivity index (χ0) is 14.8. The molecule has 5 heteroatoms. The van der Waals surface area contributed by atoms with Crippen LogP contribution in [0.1, 0.15) is 22.0 Å². The number of hydrogen-bond acceptors (Lipinski definition) is 4. The van der Waals surface area contributed by atoms with Gasteiger partial charge in [0.25, 0.3) is 0 Å². The van der Waals surface area contributed by atoms with E-state index in [1.54, 1.807) is 36.3 Å². The highest BCUT2D eigenvalue weighted by atomic mass is 16.1. The molecule has 0 saturated carbocycles. The summed E-state index contributed by atoms with van der Waals surface area (Å²) in [5.41, 5.74) is 2.29. The summed E-state index contributed by atoms with van der Waals surface area (Å²) in [6.07, 6.45) is 5.08. The summed E-state index contributed by atoms with van der Waals surface area (Å²) >= 11 is 0. The highest BCUT2D eigenvalue weighted by Crippen LogP contribution is 2.19. The van der Waals surface area contributed by atoms with Gasteiger partial charge in [-0.25, -0.2) is 15.0 Å². The van der Waals surface area contributed by atoms with E-state index in [1.165, 1.54) is 0 Å². The SMILES string of the molecule is Cc1nccc(-c2cccc(C(=O)c3nccn3C)c2)n1. The highest BCUT2D eigenvalue weighted by Gasteiger charge is 2.14. The molecule has 5 nitrogen and oxygen atoms in total. The Labute approximate surface area is 122 Å². The smallest absolute Gasteiger partial charge is 0.228 e. The number of imidazole rings is 1. The van der Waals surface area contributed by atoms with Crippen LogP contribution in [0, 0.1) is 6.92 Å². The molecule has 0 bridgehead atoms. The lowest BCUT2D eigenvalue weighted by Crippen LogP contribution is -2.08. The highest BCUT2D eigenvalue weighted by molar-refractivity contribution is 6.07. The van der Waals surface area contributed by atoms with Crippen molar-refractivity contribution in [1.29, 1.82) is 0 Å². The van der Waals surface area contributed by atoms with Gasteiger partial charge < -0.3 is 4.57 Å². The van der Waals surface area contributed by atoms with Gasteiger partial charge in [-0.1, -0.05) is 18.2 Å². The molecule has 3 aromatic rings. The number of rotatable bonds is 3. The molecular formula is C16H14N4O. The van der Waals surface area contributed by atoms with Gasteiger partial charge in [-0.3, -0.25) is 4.79 Å². The van der Waals surface area contributed by atoms with Crippen LogP contribution >= 0.6 is 0 Å². The summed E-state index contributed by atoms with van der Waals surface area (Å²) in [6, 6.07) is 9.23. The zero-order valence-corrected chi connectivity index (χ0v) is 11.8. The molecular weight excluding hydrogens is 264 g/mol. The van der Waals surface area contributed by atoms with Crippen molar-refractivity contribution in [2.75, 3.05) is 0 Å². The van der Waals surface area contributed by atoms with Gasteiger partial charge in [-0.2, -0.15) is 0 Å². The van der Waals surface area contributed by atoms with Crippen LogP contribution in [0.5, 0.6) is 0 Å². The number of aromatic nitrogens is 4. The van der Waals surface area contributed by atoms with Crippen LogP contribution in [0.2, 0.25) is 0 Å². The van der Waals surface area contributed by atoms with Crippen molar-refractivity contribution in [1.82, 2.24) is 19.5 Å². The van der Waals surface area contributed by atoms with Crippen LogP contribution in [0.25, 0.3) is 11.3 Å². The van der Waals surface area contributed by atoms with Crippen molar-refractivity contribution in [2.45, 2.75) is 6.92 Å². The molecule has 21 heavy (non-hydrogen) atoms. The Balaban J connectivity index is 2.01. The first-order chi connectivity index (χ1) is 10.1.